The van der Waals surface area contributed by atoms with Gasteiger partial charge in [0.05, 0.1) is 10.7 Å². The number of aliphatic carboxylic acids is 1. The summed E-state index contributed by atoms with van der Waals surface area (Å²) in [7, 11) is -3.86. The molecule has 9 heteroatoms. The highest BCUT2D eigenvalue weighted by molar-refractivity contribution is 7.89. The predicted molar refractivity (Wildman–Crippen MR) is 80.0 cm³/mol. The molecule has 1 atom stereocenters. The number of nitro benzene ring substituents is 1. The van der Waals surface area contributed by atoms with Crippen LogP contribution in [0.15, 0.2) is 24.3 Å². The Bertz CT molecular complexity index is 656. The van der Waals surface area contributed by atoms with E-state index in [1.54, 1.807) is 19.9 Å². The van der Waals surface area contributed by atoms with Crippen LogP contribution in [0, 0.1) is 16.0 Å². The molecule has 0 spiro atoms. The smallest absolute Gasteiger partial charge is 0.321 e. The van der Waals surface area contributed by atoms with E-state index in [1.165, 1.54) is 18.2 Å². The van der Waals surface area contributed by atoms with Gasteiger partial charge in [-0.15, -0.1) is 0 Å². The third kappa shape index (κ3) is 5.08. The Kier molecular flexibility index (Phi) is 6.01. The molecule has 0 saturated carbocycles. The van der Waals surface area contributed by atoms with Gasteiger partial charge in [-0.3, -0.25) is 14.9 Å². The predicted octanol–water partition coefficient (Wildman–Crippen LogP) is 1.17. The fraction of sp³-hybridized carbons (Fsp3) is 0.462. The lowest BCUT2D eigenvalue weighted by Crippen LogP contribution is -2.45. The molecule has 0 bridgehead atoms. The first kappa shape index (κ1) is 18.1. The topological polar surface area (TPSA) is 127 Å². The van der Waals surface area contributed by atoms with Crippen LogP contribution in [-0.2, 0) is 21.2 Å². The molecule has 22 heavy (non-hydrogen) atoms. The summed E-state index contributed by atoms with van der Waals surface area (Å²) in [6.07, 6.45) is -0.0725. The average molecular weight is 330 g/mol. The van der Waals surface area contributed by atoms with E-state index in [9.17, 15) is 23.3 Å². The number of rotatable bonds is 8. The van der Waals surface area contributed by atoms with Crippen molar-refractivity contribution in [3.63, 3.8) is 0 Å². The van der Waals surface area contributed by atoms with E-state index in [1.807, 2.05) is 0 Å². The molecule has 0 aliphatic carbocycles. The number of aryl methyl sites for hydroxylation is 1. The summed E-state index contributed by atoms with van der Waals surface area (Å²) >= 11 is 0. The lowest BCUT2D eigenvalue weighted by molar-refractivity contribution is -0.385. The molecule has 0 fully saturated rings. The number of sulfonamides is 1. The Morgan fingerprint density at radius 3 is 2.45 bits per heavy atom. The van der Waals surface area contributed by atoms with E-state index in [0.29, 0.717) is 0 Å². The van der Waals surface area contributed by atoms with Crippen LogP contribution >= 0.6 is 0 Å². The summed E-state index contributed by atoms with van der Waals surface area (Å²) < 4.78 is 26.0. The fourth-order valence-electron chi connectivity index (χ4n) is 1.87. The molecule has 0 radical (unpaired) electrons. The summed E-state index contributed by atoms with van der Waals surface area (Å²) in [5.74, 6) is -2.10. The maximum absolute atomic E-state index is 12.0. The molecule has 0 unspecified atom stereocenters. The van der Waals surface area contributed by atoms with Crippen LogP contribution in [0.1, 0.15) is 19.4 Å². The van der Waals surface area contributed by atoms with Crippen molar-refractivity contribution < 1.29 is 23.2 Å². The van der Waals surface area contributed by atoms with Crippen LogP contribution in [0.25, 0.3) is 0 Å². The van der Waals surface area contributed by atoms with Crippen molar-refractivity contribution in [3.8, 4) is 0 Å². The zero-order chi connectivity index (χ0) is 16.9. The van der Waals surface area contributed by atoms with Crippen LogP contribution in [0.2, 0.25) is 0 Å². The molecule has 1 aromatic rings. The highest BCUT2D eigenvalue weighted by atomic mass is 32.2. The van der Waals surface area contributed by atoms with Crippen LogP contribution < -0.4 is 4.72 Å². The summed E-state index contributed by atoms with van der Waals surface area (Å²) in [4.78, 5) is 21.3. The summed E-state index contributed by atoms with van der Waals surface area (Å²) in [5, 5.41) is 19.9. The van der Waals surface area contributed by atoms with Gasteiger partial charge in [-0.2, -0.15) is 0 Å². The second-order valence-electron chi connectivity index (χ2n) is 5.13. The van der Waals surface area contributed by atoms with Gasteiger partial charge < -0.3 is 5.11 Å². The van der Waals surface area contributed by atoms with E-state index >= 15 is 0 Å². The van der Waals surface area contributed by atoms with Gasteiger partial charge in [-0.05, 0) is 12.3 Å². The summed E-state index contributed by atoms with van der Waals surface area (Å²) in [5.41, 5.74) is 0.130. The van der Waals surface area contributed by atoms with Crippen molar-refractivity contribution in [2.24, 2.45) is 5.92 Å². The largest absolute Gasteiger partial charge is 0.480 e. The van der Waals surface area contributed by atoms with Gasteiger partial charge in [0.1, 0.15) is 6.04 Å². The van der Waals surface area contributed by atoms with Gasteiger partial charge in [0.25, 0.3) is 5.69 Å². The zero-order valence-corrected chi connectivity index (χ0v) is 13.0. The molecule has 0 amide bonds. The molecule has 0 aliphatic heterocycles. The number of hydrogen-bond donors (Lipinski definition) is 2. The SMILES string of the molecule is CC(C)[C@@H](NS(=O)(=O)CCc1ccccc1[N+](=O)[O-])C(=O)O. The van der Waals surface area contributed by atoms with Gasteiger partial charge in [-0.25, -0.2) is 13.1 Å². The van der Waals surface area contributed by atoms with Gasteiger partial charge in [-0.1, -0.05) is 32.0 Å². The van der Waals surface area contributed by atoms with E-state index in [4.69, 9.17) is 5.11 Å². The standard InChI is InChI=1S/C13H18N2O6S/c1-9(2)12(13(16)17)14-22(20,21)8-7-10-5-3-4-6-11(10)15(18)19/h3-6,9,12,14H,7-8H2,1-2H3,(H,16,17)/t12-/m1/s1. The number of hydrogen-bond acceptors (Lipinski definition) is 5. The lowest BCUT2D eigenvalue weighted by atomic mass is 10.1. The Labute approximate surface area is 128 Å². The van der Waals surface area contributed by atoms with Gasteiger partial charge in [0.15, 0.2) is 0 Å². The minimum Gasteiger partial charge on any atom is -0.480 e. The van der Waals surface area contributed by atoms with Gasteiger partial charge in [0, 0.05) is 11.6 Å². The number of carbonyl (C=O) groups is 1. The van der Waals surface area contributed by atoms with Crippen molar-refractivity contribution in [2.75, 3.05) is 5.75 Å². The minimum absolute atomic E-state index is 0.0725. The Hall–Kier alpha value is -2.00. The van der Waals surface area contributed by atoms with Gasteiger partial charge >= 0.3 is 5.97 Å². The number of carboxylic acid groups (broad SMARTS) is 1. The number of nitro groups is 1. The van der Waals surface area contributed by atoms with E-state index < -0.39 is 38.6 Å². The molecule has 8 nitrogen and oxygen atoms in total. The monoisotopic (exact) mass is 330 g/mol. The maximum atomic E-state index is 12.0. The zero-order valence-electron chi connectivity index (χ0n) is 12.2. The van der Waals surface area contributed by atoms with Crippen LogP contribution in [0.4, 0.5) is 5.69 Å². The quantitative estimate of drug-likeness (QED) is 0.544. The third-order valence-corrected chi connectivity index (χ3v) is 4.42. The molecule has 1 aromatic carbocycles. The molecule has 1 rings (SSSR count). The van der Waals surface area contributed by atoms with Crippen molar-refractivity contribution in [1.82, 2.24) is 4.72 Å². The van der Waals surface area contributed by atoms with Gasteiger partial charge in [0.2, 0.25) is 10.0 Å². The number of carboxylic acids is 1. The second-order valence-corrected chi connectivity index (χ2v) is 7.01. The van der Waals surface area contributed by atoms with Crippen LogP contribution in [0.5, 0.6) is 0 Å². The third-order valence-electron chi connectivity index (χ3n) is 3.07. The van der Waals surface area contributed by atoms with E-state index in [2.05, 4.69) is 4.72 Å². The lowest BCUT2D eigenvalue weighted by Gasteiger charge is -2.17. The summed E-state index contributed by atoms with van der Waals surface area (Å²) in [6.45, 7) is 3.17. The molecule has 0 saturated heterocycles. The highest BCUT2D eigenvalue weighted by Crippen LogP contribution is 2.18. The molecule has 0 aromatic heterocycles. The number of para-hydroxylation sites is 1. The molecule has 2 N–H and O–H groups in total. The van der Waals surface area contributed by atoms with Crippen LogP contribution in [0.3, 0.4) is 0 Å². The number of nitrogens with one attached hydrogen (secondary N) is 1. The molecular weight excluding hydrogens is 312 g/mol. The Balaban J connectivity index is 2.83. The Morgan fingerprint density at radius 2 is 1.95 bits per heavy atom. The first-order valence-corrected chi connectivity index (χ1v) is 8.24. The summed E-state index contributed by atoms with van der Waals surface area (Å²) in [6, 6.07) is 4.62. The number of nitrogens with zero attached hydrogens (tertiary/aromatic N) is 1. The molecule has 0 aliphatic rings. The van der Waals surface area contributed by atoms with E-state index in [0.717, 1.165) is 0 Å². The van der Waals surface area contributed by atoms with E-state index in [-0.39, 0.29) is 17.7 Å². The van der Waals surface area contributed by atoms with Crippen molar-refractivity contribution in [2.45, 2.75) is 26.3 Å². The minimum atomic E-state index is -3.86. The molecular formula is C13H18N2O6S. The van der Waals surface area contributed by atoms with Crippen molar-refractivity contribution >= 4 is 21.7 Å². The normalized spacial score (nSPS) is 13.0. The van der Waals surface area contributed by atoms with Crippen molar-refractivity contribution in [3.05, 3.63) is 39.9 Å². The first-order chi connectivity index (χ1) is 10.1. The van der Waals surface area contributed by atoms with Crippen LogP contribution in [-0.4, -0.2) is 36.2 Å². The Morgan fingerprint density at radius 1 is 1.36 bits per heavy atom. The first-order valence-electron chi connectivity index (χ1n) is 6.59. The highest BCUT2D eigenvalue weighted by Gasteiger charge is 2.27. The second kappa shape index (κ2) is 7.32. The average Bonchev–Trinajstić information content (AvgIpc) is 2.42. The fourth-order valence-corrected chi connectivity index (χ4v) is 3.24. The maximum Gasteiger partial charge on any atom is 0.321 e. The van der Waals surface area contributed by atoms with Crippen molar-refractivity contribution in [1.29, 1.82) is 0 Å². The molecule has 0 heterocycles. The molecule has 122 valence electrons. The number of benzene rings is 1.